The van der Waals surface area contributed by atoms with E-state index in [1.807, 2.05) is 0 Å². The Kier molecular flexibility index (Phi) is 3.26. The first-order valence-electron chi connectivity index (χ1n) is 5.85. The predicted molar refractivity (Wildman–Crippen MR) is 73.9 cm³/mol. The Bertz CT molecular complexity index is 818. The molecule has 3 aromatic rings. The summed E-state index contributed by atoms with van der Waals surface area (Å²) in [6, 6.07) is 8.22. The molecule has 0 bridgehead atoms. The SMILES string of the molecule is Nc1ccc(-c2nnnn2-c2ccc(Cl)cc2F)cc1F. The lowest BCUT2D eigenvalue weighted by Gasteiger charge is -2.06. The van der Waals surface area contributed by atoms with Crippen LogP contribution in [-0.2, 0) is 0 Å². The molecule has 0 fully saturated rings. The number of anilines is 1. The Morgan fingerprint density at radius 3 is 2.57 bits per heavy atom. The van der Waals surface area contributed by atoms with E-state index in [4.69, 9.17) is 17.3 Å². The van der Waals surface area contributed by atoms with Crippen LogP contribution in [0.15, 0.2) is 36.4 Å². The van der Waals surface area contributed by atoms with Crippen molar-refractivity contribution in [1.82, 2.24) is 20.2 Å². The van der Waals surface area contributed by atoms with E-state index >= 15 is 0 Å². The van der Waals surface area contributed by atoms with Crippen molar-refractivity contribution < 1.29 is 8.78 Å². The Morgan fingerprint density at radius 1 is 1.05 bits per heavy atom. The van der Waals surface area contributed by atoms with Crippen LogP contribution in [0.1, 0.15) is 0 Å². The number of hydrogen-bond acceptors (Lipinski definition) is 4. The first-order chi connectivity index (χ1) is 10.1. The van der Waals surface area contributed by atoms with Gasteiger partial charge >= 0.3 is 0 Å². The summed E-state index contributed by atoms with van der Waals surface area (Å²) in [5.74, 6) is -0.999. The molecular formula is C13H8ClF2N5. The van der Waals surface area contributed by atoms with Gasteiger partial charge in [-0.25, -0.2) is 8.78 Å². The monoisotopic (exact) mass is 307 g/mol. The molecule has 2 aromatic carbocycles. The maximum atomic E-state index is 14.0. The van der Waals surface area contributed by atoms with E-state index < -0.39 is 11.6 Å². The highest BCUT2D eigenvalue weighted by atomic mass is 35.5. The van der Waals surface area contributed by atoms with Crippen molar-refractivity contribution in [3.8, 4) is 17.1 Å². The molecule has 0 radical (unpaired) electrons. The highest BCUT2D eigenvalue weighted by molar-refractivity contribution is 6.30. The minimum atomic E-state index is -0.598. The summed E-state index contributed by atoms with van der Waals surface area (Å²) < 4.78 is 28.7. The van der Waals surface area contributed by atoms with Gasteiger partial charge in [-0.3, -0.25) is 0 Å². The van der Waals surface area contributed by atoms with Crippen molar-refractivity contribution in [1.29, 1.82) is 0 Å². The number of nitrogens with two attached hydrogens (primary N) is 1. The van der Waals surface area contributed by atoms with Gasteiger partial charge in [0.1, 0.15) is 17.3 Å². The number of aromatic nitrogens is 4. The topological polar surface area (TPSA) is 69.6 Å². The van der Waals surface area contributed by atoms with Gasteiger partial charge in [-0.2, -0.15) is 4.68 Å². The third kappa shape index (κ3) is 2.43. The molecule has 2 N–H and O–H groups in total. The highest BCUT2D eigenvalue weighted by Crippen LogP contribution is 2.25. The van der Waals surface area contributed by atoms with E-state index in [1.165, 1.54) is 24.3 Å². The standard InChI is InChI=1S/C13H8ClF2N5/c14-8-2-4-12(10(16)6-8)21-13(18-19-20-21)7-1-3-11(17)9(15)5-7/h1-6H,17H2. The summed E-state index contributed by atoms with van der Waals surface area (Å²) in [5.41, 5.74) is 5.92. The molecule has 0 saturated carbocycles. The van der Waals surface area contributed by atoms with Crippen LogP contribution in [-0.4, -0.2) is 20.2 Å². The summed E-state index contributed by atoms with van der Waals surface area (Å²) in [6.07, 6.45) is 0. The molecule has 1 heterocycles. The quantitative estimate of drug-likeness (QED) is 0.739. The zero-order chi connectivity index (χ0) is 15.0. The Morgan fingerprint density at radius 2 is 1.86 bits per heavy atom. The molecule has 0 saturated heterocycles. The molecule has 0 amide bonds. The molecule has 5 nitrogen and oxygen atoms in total. The minimum absolute atomic E-state index is 0.00967. The predicted octanol–water partition coefficient (Wildman–Crippen LogP) is 2.84. The van der Waals surface area contributed by atoms with Gasteiger partial charge in [-0.1, -0.05) is 11.6 Å². The fourth-order valence-corrected chi connectivity index (χ4v) is 2.01. The van der Waals surface area contributed by atoms with Crippen molar-refractivity contribution in [2.24, 2.45) is 0 Å². The van der Waals surface area contributed by atoms with E-state index in [0.717, 1.165) is 10.7 Å². The van der Waals surface area contributed by atoms with Crippen molar-refractivity contribution in [3.63, 3.8) is 0 Å². The van der Waals surface area contributed by atoms with Gasteiger partial charge in [0.2, 0.25) is 0 Å². The zero-order valence-electron chi connectivity index (χ0n) is 10.5. The fraction of sp³-hybridized carbons (Fsp3) is 0. The second kappa shape index (κ2) is 5.10. The summed E-state index contributed by atoms with van der Waals surface area (Å²) in [7, 11) is 0. The molecule has 0 unspecified atom stereocenters. The summed E-state index contributed by atoms with van der Waals surface area (Å²) >= 11 is 5.71. The second-order valence-electron chi connectivity index (χ2n) is 4.25. The van der Waals surface area contributed by atoms with Gasteiger partial charge in [0, 0.05) is 10.6 Å². The lowest BCUT2D eigenvalue weighted by molar-refractivity contribution is 0.607. The molecule has 0 aliphatic carbocycles. The van der Waals surface area contributed by atoms with Crippen LogP contribution in [0.5, 0.6) is 0 Å². The van der Waals surface area contributed by atoms with Crippen LogP contribution in [0, 0.1) is 11.6 Å². The number of nitrogen functional groups attached to an aromatic ring is 1. The second-order valence-corrected chi connectivity index (χ2v) is 4.68. The van der Waals surface area contributed by atoms with Crippen molar-refractivity contribution in [3.05, 3.63) is 53.1 Å². The van der Waals surface area contributed by atoms with Crippen LogP contribution in [0.3, 0.4) is 0 Å². The van der Waals surface area contributed by atoms with E-state index in [-0.39, 0.29) is 22.2 Å². The molecule has 0 aliphatic heterocycles. The first-order valence-corrected chi connectivity index (χ1v) is 6.23. The zero-order valence-corrected chi connectivity index (χ0v) is 11.2. The van der Waals surface area contributed by atoms with Crippen LogP contribution in [0.25, 0.3) is 17.1 Å². The maximum Gasteiger partial charge on any atom is 0.187 e. The first kappa shape index (κ1) is 13.4. The Hall–Kier alpha value is -2.54. The van der Waals surface area contributed by atoms with Gasteiger partial charge in [0.05, 0.1) is 5.69 Å². The molecule has 0 aliphatic rings. The summed E-state index contributed by atoms with van der Waals surface area (Å²) in [5, 5.41) is 11.3. The number of halogens is 3. The number of benzene rings is 2. The van der Waals surface area contributed by atoms with E-state index in [9.17, 15) is 8.78 Å². The van der Waals surface area contributed by atoms with Crippen LogP contribution < -0.4 is 5.73 Å². The number of hydrogen-bond donors (Lipinski definition) is 1. The molecule has 3 rings (SSSR count). The highest BCUT2D eigenvalue weighted by Gasteiger charge is 2.15. The molecule has 106 valence electrons. The average molecular weight is 308 g/mol. The number of tetrazole rings is 1. The lowest BCUT2D eigenvalue weighted by atomic mass is 10.2. The molecule has 21 heavy (non-hydrogen) atoms. The van der Waals surface area contributed by atoms with Crippen molar-refractivity contribution >= 4 is 17.3 Å². The van der Waals surface area contributed by atoms with E-state index in [2.05, 4.69) is 15.5 Å². The van der Waals surface area contributed by atoms with Gasteiger partial charge in [-0.05, 0) is 46.8 Å². The van der Waals surface area contributed by atoms with E-state index in [0.29, 0.717) is 5.56 Å². The largest absolute Gasteiger partial charge is 0.396 e. The van der Waals surface area contributed by atoms with Gasteiger partial charge < -0.3 is 5.73 Å². The van der Waals surface area contributed by atoms with Gasteiger partial charge in [0.15, 0.2) is 5.82 Å². The molecule has 0 spiro atoms. The van der Waals surface area contributed by atoms with Gasteiger partial charge in [-0.15, -0.1) is 5.10 Å². The summed E-state index contributed by atoms with van der Waals surface area (Å²) in [6.45, 7) is 0. The molecule has 8 heteroatoms. The smallest absolute Gasteiger partial charge is 0.187 e. The Labute approximate surface area is 123 Å². The third-order valence-corrected chi connectivity index (χ3v) is 3.10. The number of nitrogens with zero attached hydrogens (tertiary/aromatic N) is 4. The third-order valence-electron chi connectivity index (χ3n) is 2.87. The molecule has 0 atom stereocenters. The summed E-state index contributed by atoms with van der Waals surface area (Å²) in [4.78, 5) is 0. The normalized spacial score (nSPS) is 10.8. The van der Waals surface area contributed by atoms with Crippen molar-refractivity contribution in [2.75, 3.05) is 5.73 Å². The van der Waals surface area contributed by atoms with Gasteiger partial charge in [0.25, 0.3) is 0 Å². The van der Waals surface area contributed by atoms with E-state index in [1.54, 1.807) is 6.07 Å². The van der Waals surface area contributed by atoms with Crippen LogP contribution in [0.2, 0.25) is 5.02 Å². The minimum Gasteiger partial charge on any atom is -0.396 e. The maximum absolute atomic E-state index is 14.0. The number of rotatable bonds is 2. The molecule has 1 aromatic heterocycles. The van der Waals surface area contributed by atoms with Crippen molar-refractivity contribution in [2.45, 2.75) is 0 Å². The van der Waals surface area contributed by atoms with Crippen LogP contribution in [0.4, 0.5) is 14.5 Å². The lowest BCUT2D eigenvalue weighted by Crippen LogP contribution is -2.03. The van der Waals surface area contributed by atoms with Crippen LogP contribution >= 0.6 is 11.6 Å². The Balaban J connectivity index is 2.14. The average Bonchev–Trinajstić information content (AvgIpc) is 2.91. The molecular weight excluding hydrogens is 300 g/mol. The fourth-order valence-electron chi connectivity index (χ4n) is 1.85.